The molecule has 34 heavy (non-hydrogen) atoms. The fourth-order valence-corrected chi connectivity index (χ4v) is 6.26. The smallest absolute Gasteiger partial charge is 0.276 e. The molecule has 0 bridgehead atoms. The summed E-state index contributed by atoms with van der Waals surface area (Å²) in [5, 5.41) is 19.5. The molecule has 1 aromatic heterocycles. The molecule has 3 aliphatic heterocycles. The van der Waals surface area contributed by atoms with Crippen LogP contribution in [0.15, 0.2) is 34.0 Å². The molecule has 13 heteroatoms. The number of allylic oxidation sites excluding steroid dienone is 1. The van der Waals surface area contributed by atoms with Gasteiger partial charge in [-0.25, -0.2) is 4.98 Å². The van der Waals surface area contributed by atoms with E-state index in [1.165, 1.54) is 36.6 Å². The van der Waals surface area contributed by atoms with Gasteiger partial charge in [0.2, 0.25) is 0 Å². The number of quaternary nitrogens is 1. The number of fused-ring (bicyclic) bond motifs is 1. The van der Waals surface area contributed by atoms with Crippen molar-refractivity contribution in [2.24, 2.45) is 5.16 Å². The number of likely N-dealkylation sites (tertiary alicyclic amines) is 1. The highest BCUT2D eigenvalue weighted by Crippen LogP contribution is 2.40. The summed E-state index contributed by atoms with van der Waals surface area (Å²) in [5.74, 6) is -2.22. The van der Waals surface area contributed by atoms with E-state index in [9.17, 15) is 19.5 Å². The van der Waals surface area contributed by atoms with Gasteiger partial charge in [0.1, 0.15) is 24.2 Å². The topological polar surface area (TPSA) is 150 Å². The number of amides is 2. The molecule has 0 aliphatic carbocycles. The van der Waals surface area contributed by atoms with Gasteiger partial charge < -0.3 is 30.3 Å². The van der Waals surface area contributed by atoms with E-state index in [-0.39, 0.29) is 22.2 Å². The standard InChI is InChI=1S/C21H26N6O5S2/c1-27(7-3-4-8-27)9-5-6-12-10-33-19-15(18(29)26(19)16(12)20(30)31)24-17(28)14(25-32-2)13-11-34-21(22)23-13/h5-6,11,15,19H,3-4,7-10H2,1-2H3,(H3-,22,23,24,28,30,31)/b6-5+,25-14-/t15?,19-/m1/s1. The lowest BCUT2D eigenvalue weighted by atomic mass is 10.0. The molecule has 4 heterocycles. The number of nitrogens with one attached hydrogen (secondary N) is 1. The number of nitrogens with two attached hydrogens (primary N) is 1. The predicted octanol–water partition coefficient (Wildman–Crippen LogP) is -0.724. The highest BCUT2D eigenvalue weighted by molar-refractivity contribution is 8.00. The second-order valence-electron chi connectivity index (χ2n) is 8.57. The van der Waals surface area contributed by atoms with E-state index in [0.29, 0.717) is 11.3 Å². The zero-order valence-corrected chi connectivity index (χ0v) is 20.5. The average molecular weight is 507 g/mol. The number of hydrogen-bond donors (Lipinski definition) is 2. The molecular formula is C21H26N6O5S2. The Kier molecular flexibility index (Phi) is 6.96. The fraction of sp³-hybridized carbons (Fsp3) is 0.476. The van der Waals surface area contributed by atoms with E-state index in [4.69, 9.17) is 10.6 Å². The van der Waals surface area contributed by atoms with Crippen LogP contribution in [0, 0.1) is 0 Å². The maximum Gasteiger partial charge on any atom is 0.276 e. The summed E-state index contributed by atoms with van der Waals surface area (Å²) in [7, 11) is 3.47. The van der Waals surface area contributed by atoms with E-state index < -0.39 is 29.2 Å². The first-order valence-corrected chi connectivity index (χ1v) is 12.7. The maximum absolute atomic E-state index is 12.9. The van der Waals surface area contributed by atoms with Gasteiger partial charge in [-0.15, -0.1) is 23.1 Å². The molecule has 1 unspecified atom stereocenters. The van der Waals surface area contributed by atoms with Crippen LogP contribution < -0.4 is 16.2 Å². The van der Waals surface area contributed by atoms with Crippen molar-refractivity contribution in [1.29, 1.82) is 0 Å². The lowest BCUT2D eigenvalue weighted by Gasteiger charge is -2.50. The Morgan fingerprint density at radius 3 is 2.79 bits per heavy atom. The van der Waals surface area contributed by atoms with Crippen LogP contribution in [0.25, 0.3) is 0 Å². The number of carbonyl (C=O) groups excluding carboxylic acids is 3. The molecule has 0 aromatic carbocycles. The minimum atomic E-state index is -1.41. The molecular weight excluding hydrogens is 480 g/mol. The van der Waals surface area contributed by atoms with Crippen LogP contribution in [0.3, 0.4) is 0 Å². The monoisotopic (exact) mass is 506 g/mol. The van der Waals surface area contributed by atoms with Crippen molar-refractivity contribution in [3.63, 3.8) is 0 Å². The normalized spacial score (nSPS) is 24.2. The molecule has 2 amide bonds. The third-order valence-corrected chi connectivity index (χ3v) is 8.13. The first-order chi connectivity index (χ1) is 16.2. The summed E-state index contributed by atoms with van der Waals surface area (Å²) in [4.78, 5) is 47.6. The third kappa shape index (κ3) is 4.68. The number of rotatable bonds is 8. The van der Waals surface area contributed by atoms with Gasteiger partial charge in [0.05, 0.1) is 38.3 Å². The fourth-order valence-electron chi connectivity index (χ4n) is 4.39. The Labute approximate surface area is 204 Å². The first kappa shape index (κ1) is 24.2. The van der Waals surface area contributed by atoms with Gasteiger partial charge in [0, 0.05) is 24.0 Å². The quantitative estimate of drug-likeness (QED) is 0.203. The number of likely N-dealkylation sites (N-methyl/N-ethyl adjacent to an activating group) is 1. The van der Waals surface area contributed by atoms with Crippen LogP contribution in [-0.4, -0.2) is 88.8 Å². The van der Waals surface area contributed by atoms with Crippen molar-refractivity contribution in [1.82, 2.24) is 15.2 Å². The zero-order valence-electron chi connectivity index (χ0n) is 18.9. The number of carboxylic acids is 1. The van der Waals surface area contributed by atoms with Crippen LogP contribution in [0.4, 0.5) is 5.13 Å². The Balaban J connectivity index is 1.48. The zero-order chi connectivity index (χ0) is 24.5. The van der Waals surface area contributed by atoms with Crippen molar-refractivity contribution in [2.45, 2.75) is 24.3 Å². The second kappa shape index (κ2) is 9.76. The number of β-lactam (4-membered cyclic amide) rings is 1. The number of carbonyl (C=O) groups is 3. The molecule has 11 nitrogen and oxygen atoms in total. The van der Waals surface area contributed by atoms with E-state index in [0.717, 1.165) is 35.5 Å². The van der Waals surface area contributed by atoms with Gasteiger partial charge in [-0.3, -0.25) is 14.5 Å². The number of nitrogens with zero attached hydrogens (tertiary/aromatic N) is 4. The van der Waals surface area contributed by atoms with Gasteiger partial charge in [-0.1, -0.05) is 11.2 Å². The van der Waals surface area contributed by atoms with Crippen molar-refractivity contribution in [2.75, 3.05) is 45.3 Å². The Morgan fingerprint density at radius 1 is 1.44 bits per heavy atom. The van der Waals surface area contributed by atoms with Crippen LogP contribution in [0.2, 0.25) is 0 Å². The summed E-state index contributed by atoms with van der Waals surface area (Å²) < 4.78 is 0.924. The van der Waals surface area contributed by atoms with E-state index in [1.54, 1.807) is 11.5 Å². The summed E-state index contributed by atoms with van der Waals surface area (Å²) in [5.41, 5.74) is 6.12. The molecule has 2 fully saturated rings. The molecule has 3 N–H and O–H groups in total. The summed E-state index contributed by atoms with van der Waals surface area (Å²) >= 11 is 2.52. The van der Waals surface area contributed by atoms with Crippen LogP contribution in [-0.2, 0) is 19.2 Å². The van der Waals surface area contributed by atoms with Gasteiger partial charge in [0.25, 0.3) is 11.8 Å². The molecule has 182 valence electrons. The number of anilines is 1. The summed E-state index contributed by atoms with van der Waals surface area (Å²) in [6.07, 6.45) is 6.14. The molecule has 3 aliphatic rings. The summed E-state index contributed by atoms with van der Waals surface area (Å²) in [6, 6.07) is -0.913. The minimum absolute atomic E-state index is 0.125. The van der Waals surface area contributed by atoms with Crippen LogP contribution >= 0.6 is 23.1 Å². The molecule has 0 saturated carbocycles. The molecule has 2 atom stereocenters. The molecule has 1 aromatic rings. The number of thiazole rings is 1. The number of thioether (sulfide) groups is 1. The average Bonchev–Trinajstić information content (AvgIpc) is 3.43. The van der Waals surface area contributed by atoms with Crippen LogP contribution in [0.5, 0.6) is 0 Å². The second-order valence-corrected chi connectivity index (χ2v) is 10.6. The molecule has 4 rings (SSSR count). The Bertz CT molecular complexity index is 1090. The number of carboxylic acid groups (broad SMARTS) is 1. The highest BCUT2D eigenvalue weighted by atomic mass is 32.2. The predicted molar refractivity (Wildman–Crippen MR) is 126 cm³/mol. The number of hydrogen-bond acceptors (Lipinski definition) is 10. The number of aromatic nitrogens is 1. The molecule has 2 saturated heterocycles. The minimum Gasteiger partial charge on any atom is -0.543 e. The number of aliphatic carboxylic acids is 1. The van der Waals surface area contributed by atoms with Crippen molar-refractivity contribution < 1.29 is 28.8 Å². The first-order valence-electron chi connectivity index (χ1n) is 10.8. The lowest BCUT2D eigenvalue weighted by molar-refractivity contribution is -0.891. The van der Waals surface area contributed by atoms with Gasteiger partial charge in [0.15, 0.2) is 10.8 Å². The van der Waals surface area contributed by atoms with Crippen LogP contribution in [0.1, 0.15) is 18.5 Å². The van der Waals surface area contributed by atoms with Crippen molar-refractivity contribution >= 4 is 51.7 Å². The molecule has 0 spiro atoms. The SMILES string of the molecule is CO/N=C(\C(=O)NC1C(=O)N2C(C(=O)[O-])=C(/C=C/C[N+]3(C)CCCC3)CS[C@H]12)c1csc(N)n1. The third-order valence-electron chi connectivity index (χ3n) is 6.15. The van der Waals surface area contributed by atoms with Gasteiger partial charge in [-0.2, -0.15) is 0 Å². The number of nitrogen functional groups attached to an aromatic ring is 1. The van der Waals surface area contributed by atoms with E-state index >= 15 is 0 Å². The number of oxime groups is 1. The Morgan fingerprint density at radius 2 is 2.18 bits per heavy atom. The largest absolute Gasteiger partial charge is 0.543 e. The highest BCUT2D eigenvalue weighted by Gasteiger charge is 2.53. The van der Waals surface area contributed by atoms with E-state index in [1.807, 2.05) is 6.08 Å². The van der Waals surface area contributed by atoms with Crippen molar-refractivity contribution in [3.05, 3.63) is 34.5 Å². The summed E-state index contributed by atoms with van der Waals surface area (Å²) in [6.45, 7) is 3.00. The lowest BCUT2D eigenvalue weighted by Crippen LogP contribution is -2.71. The molecule has 0 radical (unpaired) electrons. The Hall–Kier alpha value is -2.90. The van der Waals surface area contributed by atoms with E-state index in [2.05, 4.69) is 22.5 Å². The maximum atomic E-state index is 12.9. The van der Waals surface area contributed by atoms with Gasteiger partial charge >= 0.3 is 0 Å². The van der Waals surface area contributed by atoms with Crippen molar-refractivity contribution in [3.8, 4) is 0 Å². The van der Waals surface area contributed by atoms with Gasteiger partial charge in [-0.05, 0) is 11.6 Å².